The second-order valence-corrected chi connectivity index (χ2v) is 9.78. The molecule has 6 rings (SSSR count). The first-order chi connectivity index (χ1) is 15.9. The number of halogens is 2. The highest BCUT2D eigenvalue weighted by Gasteiger charge is 2.58. The molecule has 0 bridgehead atoms. The highest BCUT2D eigenvalue weighted by molar-refractivity contribution is 7.13. The van der Waals surface area contributed by atoms with Gasteiger partial charge in [0.05, 0.1) is 10.7 Å². The molecule has 1 aromatic heterocycles. The van der Waals surface area contributed by atoms with Crippen molar-refractivity contribution >= 4 is 33.4 Å². The third-order valence-corrected chi connectivity index (χ3v) is 7.83. The molecule has 0 saturated carbocycles. The molecule has 9 heteroatoms. The Labute approximate surface area is 192 Å². The first-order valence-electron chi connectivity index (χ1n) is 11.0. The molecule has 0 aliphatic carbocycles. The minimum absolute atomic E-state index is 0.0722. The smallest absolute Gasteiger partial charge is 0.257 e. The zero-order valence-electron chi connectivity index (χ0n) is 17.7. The largest absolute Gasteiger partial charge is 0.342 e. The topological polar surface area (TPSA) is 62.7 Å². The van der Waals surface area contributed by atoms with E-state index in [4.69, 9.17) is 4.74 Å². The Morgan fingerprint density at radius 2 is 1.85 bits per heavy atom. The lowest BCUT2D eigenvalue weighted by molar-refractivity contribution is -0.142. The lowest BCUT2D eigenvalue weighted by atomic mass is 9.89. The summed E-state index contributed by atoms with van der Waals surface area (Å²) in [5.74, 6) is -1.52. The molecule has 3 aromatic rings. The van der Waals surface area contributed by atoms with Crippen molar-refractivity contribution in [3.05, 3.63) is 65.4 Å². The van der Waals surface area contributed by atoms with E-state index in [-0.39, 0.29) is 11.8 Å². The number of likely N-dealkylation sites (tertiary alicyclic amines) is 1. The van der Waals surface area contributed by atoms with Crippen molar-refractivity contribution in [3.63, 3.8) is 0 Å². The SMILES string of the molecule is O=C(c1ccc2sncc2c1)N1CCC2(CC1)OC1CC[C@@H](c3cc(F)cc(F)c3)N1C2=O. The van der Waals surface area contributed by atoms with Crippen molar-refractivity contribution in [1.29, 1.82) is 0 Å². The standard InChI is InChI=1S/C24H21F2N3O3S/c25-17-10-15(11-18(26)12-17)19-2-4-21-29(19)23(31)24(32-21)5-7-28(8-6-24)22(30)14-1-3-20-16(9-14)13-27-33-20/h1,3,9-13,19,21H,2,4-8H2/t19-,21?/m0/s1. The maximum atomic E-state index is 13.8. The molecular weight excluding hydrogens is 448 g/mol. The number of rotatable bonds is 2. The van der Waals surface area contributed by atoms with Gasteiger partial charge in [-0.15, -0.1) is 0 Å². The summed E-state index contributed by atoms with van der Waals surface area (Å²) < 4.78 is 39.0. The summed E-state index contributed by atoms with van der Waals surface area (Å²) >= 11 is 1.39. The minimum atomic E-state index is -0.979. The van der Waals surface area contributed by atoms with Crippen LogP contribution in [-0.2, 0) is 9.53 Å². The molecule has 3 aliphatic rings. The molecule has 33 heavy (non-hydrogen) atoms. The molecule has 2 amide bonds. The summed E-state index contributed by atoms with van der Waals surface area (Å²) in [5, 5.41) is 0.939. The highest BCUT2D eigenvalue weighted by Crippen LogP contribution is 2.47. The van der Waals surface area contributed by atoms with Crippen LogP contribution in [0.5, 0.6) is 0 Å². The lowest BCUT2D eigenvalue weighted by Gasteiger charge is -2.37. The van der Waals surface area contributed by atoms with Crippen LogP contribution in [0.4, 0.5) is 8.78 Å². The number of fused-ring (bicyclic) bond motifs is 2. The van der Waals surface area contributed by atoms with Gasteiger partial charge in [0.15, 0.2) is 5.60 Å². The Morgan fingerprint density at radius 1 is 1.09 bits per heavy atom. The van der Waals surface area contributed by atoms with Crippen molar-refractivity contribution in [3.8, 4) is 0 Å². The molecule has 6 nitrogen and oxygen atoms in total. The van der Waals surface area contributed by atoms with E-state index in [1.807, 2.05) is 18.2 Å². The molecular formula is C24H21F2N3O3S. The molecule has 3 fully saturated rings. The van der Waals surface area contributed by atoms with E-state index < -0.39 is 29.5 Å². The second-order valence-electron chi connectivity index (χ2n) is 8.95. The van der Waals surface area contributed by atoms with E-state index in [2.05, 4.69) is 4.37 Å². The monoisotopic (exact) mass is 469 g/mol. The summed E-state index contributed by atoms with van der Waals surface area (Å²) in [4.78, 5) is 29.9. The van der Waals surface area contributed by atoms with E-state index in [1.165, 1.54) is 23.7 Å². The van der Waals surface area contributed by atoms with Crippen molar-refractivity contribution in [2.75, 3.05) is 13.1 Å². The van der Waals surface area contributed by atoms with Crippen LogP contribution in [0, 0.1) is 11.6 Å². The van der Waals surface area contributed by atoms with Gasteiger partial charge in [-0.1, -0.05) is 0 Å². The molecule has 2 atom stereocenters. The average molecular weight is 470 g/mol. The second kappa shape index (κ2) is 7.56. The van der Waals surface area contributed by atoms with Crippen LogP contribution in [0.2, 0.25) is 0 Å². The van der Waals surface area contributed by atoms with Crippen LogP contribution in [0.15, 0.2) is 42.6 Å². The number of hydrogen-bond donors (Lipinski definition) is 0. The van der Waals surface area contributed by atoms with E-state index >= 15 is 0 Å². The van der Waals surface area contributed by atoms with Gasteiger partial charge in [0.1, 0.15) is 17.9 Å². The van der Waals surface area contributed by atoms with E-state index in [1.54, 1.807) is 16.0 Å². The number of carbonyl (C=O) groups excluding carboxylic acids is 2. The summed E-state index contributed by atoms with van der Waals surface area (Å²) in [6, 6.07) is 8.56. The molecule has 3 aliphatic heterocycles. The van der Waals surface area contributed by atoms with Gasteiger partial charge in [-0.3, -0.25) is 9.59 Å². The van der Waals surface area contributed by atoms with Gasteiger partial charge in [-0.05, 0) is 60.3 Å². The molecule has 2 aromatic carbocycles. The normalized spacial score (nSPS) is 24.1. The summed E-state index contributed by atoms with van der Waals surface area (Å²) in [7, 11) is 0. The number of benzene rings is 2. The predicted octanol–water partition coefficient (Wildman–Crippen LogP) is 4.27. The number of nitrogens with zero attached hydrogens (tertiary/aromatic N) is 3. The fourth-order valence-electron chi connectivity index (χ4n) is 5.40. The van der Waals surface area contributed by atoms with Crippen LogP contribution in [0.3, 0.4) is 0 Å². The van der Waals surface area contributed by atoms with Gasteiger partial charge in [0.2, 0.25) is 0 Å². The number of carbonyl (C=O) groups is 2. The van der Waals surface area contributed by atoms with Gasteiger partial charge >= 0.3 is 0 Å². The molecule has 0 N–H and O–H groups in total. The van der Waals surface area contributed by atoms with Gasteiger partial charge < -0.3 is 14.5 Å². The van der Waals surface area contributed by atoms with Crippen molar-refractivity contribution in [1.82, 2.24) is 14.2 Å². The van der Waals surface area contributed by atoms with Crippen molar-refractivity contribution in [2.45, 2.75) is 43.6 Å². The van der Waals surface area contributed by atoms with Crippen LogP contribution in [0.25, 0.3) is 10.1 Å². The number of aromatic nitrogens is 1. The lowest BCUT2D eigenvalue weighted by Crippen LogP contribution is -2.51. The van der Waals surface area contributed by atoms with Crippen LogP contribution in [0.1, 0.15) is 47.6 Å². The molecule has 1 spiro atoms. The Balaban J connectivity index is 1.18. The number of amides is 2. The molecule has 0 radical (unpaired) electrons. The van der Waals surface area contributed by atoms with Crippen LogP contribution >= 0.6 is 11.5 Å². The highest BCUT2D eigenvalue weighted by atomic mass is 32.1. The number of hydrogen-bond acceptors (Lipinski definition) is 5. The van der Waals surface area contributed by atoms with Gasteiger partial charge in [0.25, 0.3) is 11.8 Å². The third-order valence-electron chi connectivity index (χ3n) is 7.05. The zero-order chi connectivity index (χ0) is 22.7. The van der Waals surface area contributed by atoms with Gasteiger partial charge in [-0.25, -0.2) is 8.78 Å². The third kappa shape index (κ3) is 3.33. The number of ether oxygens (including phenoxy) is 1. The fraction of sp³-hybridized carbons (Fsp3) is 0.375. The van der Waals surface area contributed by atoms with Gasteiger partial charge in [0, 0.05) is 49.1 Å². The Hall–Kier alpha value is -2.91. The molecule has 4 heterocycles. The quantitative estimate of drug-likeness (QED) is 0.563. The van der Waals surface area contributed by atoms with E-state index in [9.17, 15) is 18.4 Å². The van der Waals surface area contributed by atoms with Gasteiger partial charge in [-0.2, -0.15) is 4.37 Å². The summed E-state index contributed by atoms with van der Waals surface area (Å²) in [5.41, 5.74) is 0.0776. The van der Waals surface area contributed by atoms with Crippen LogP contribution < -0.4 is 0 Å². The number of piperidine rings is 1. The van der Waals surface area contributed by atoms with E-state index in [0.717, 1.165) is 16.2 Å². The maximum absolute atomic E-state index is 13.8. The minimum Gasteiger partial charge on any atom is -0.342 e. The predicted molar refractivity (Wildman–Crippen MR) is 118 cm³/mol. The Kier molecular flexibility index (Phi) is 4.74. The van der Waals surface area contributed by atoms with Crippen LogP contribution in [-0.4, -0.2) is 50.9 Å². The van der Waals surface area contributed by atoms with Crippen molar-refractivity contribution < 1.29 is 23.1 Å². The van der Waals surface area contributed by atoms with Crippen molar-refractivity contribution in [2.24, 2.45) is 0 Å². The molecule has 170 valence electrons. The first-order valence-corrected chi connectivity index (χ1v) is 11.8. The average Bonchev–Trinajstić information content (AvgIpc) is 3.49. The molecule has 1 unspecified atom stereocenters. The first kappa shape index (κ1) is 20.7. The van der Waals surface area contributed by atoms with E-state index in [0.29, 0.717) is 49.9 Å². The summed E-state index contributed by atoms with van der Waals surface area (Å²) in [6.07, 6.45) is 3.37. The zero-order valence-corrected chi connectivity index (χ0v) is 18.5. The fourth-order valence-corrected chi connectivity index (χ4v) is 6.02. The summed E-state index contributed by atoms with van der Waals surface area (Å²) in [6.45, 7) is 0.814. The maximum Gasteiger partial charge on any atom is 0.257 e. The Bertz CT molecular complexity index is 1250. The Morgan fingerprint density at radius 3 is 2.61 bits per heavy atom. The molecule has 3 saturated heterocycles.